The number of carbonyl (C=O) groups is 2. The minimum atomic E-state index is -2.01. The van der Waals surface area contributed by atoms with Crippen LogP contribution >= 0.6 is 0 Å². The summed E-state index contributed by atoms with van der Waals surface area (Å²) in [4.78, 5) is 35.9. The number of phenols is 1. The Bertz CT molecular complexity index is 710. The summed E-state index contributed by atoms with van der Waals surface area (Å²) in [5, 5.41) is 22.3. The molecule has 9 heteroatoms. The van der Waals surface area contributed by atoms with Crippen LogP contribution in [0.3, 0.4) is 0 Å². The fraction of sp³-hybridized carbons (Fsp3) is 0.154. The molecule has 114 valence electrons. The lowest BCUT2D eigenvalue weighted by Gasteiger charge is -2.12. The number of nitrogens with zero attached hydrogens (tertiary/aromatic N) is 2. The fourth-order valence-corrected chi connectivity index (χ4v) is 1.77. The number of hydrogen-bond donors (Lipinski definition) is 2. The highest BCUT2D eigenvalue weighted by molar-refractivity contribution is 6.21. The van der Waals surface area contributed by atoms with Gasteiger partial charge in [0.1, 0.15) is 5.84 Å². The molecule has 0 spiro atoms. The van der Waals surface area contributed by atoms with Gasteiger partial charge in [0.05, 0.1) is 7.11 Å². The number of nitro groups is 1. The zero-order chi connectivity index (χ0) is 16.3. The Hall–Kier alpha value is -3.23. The van der Waals surface area contributed by atoms with Crippen molar-refractivity contribution in [3.8, 4) is 11.5 Å². The topological polar surface area (TPSA) is 131 Å². The Morgan fingerprint density at radius 2 is 2.14 bits per heavy atom. The lowest BCUT2D eigenvalue weighted by Crippen LogP contribution is -2.50. The van der Waals surface area contributed by atoms with Gasteiger partial charge in [-0.25, -0.2) is 0 Å². The summed E-state index contributed by atoms with van der Waals surface area (Å²) < 4.78 is 4.89. The van der Waals surface area contributed by atoms with Crippen molar-refractivity contribution in [3.05, 3.63) is 40.0 Å². The summed E-state index contributed by atoms with van der Waals surface area (Å²) in [6.45, 7) is 0. The van der Waals surface area contributed by atoms with E-state index in [1.807, 2.05) is 0 Å². The molecule has 1 unspecified atom stereocenters. The van der Waals surface area contributed by atoms with Crippen LogP contribution in [0.5, 0.6) is 11.5 Å². The Kier molecular flexibility index (Phi) is 4.16. The first-order chi connectivity index (χ1) is 10.4. The number of benzene rings is 1. The quantitative estimate of drug-likeness (QED) is 0.461. The van der Waals surface area contributed by atoms with Gasteiger partial charge in [-0.1, -0.05) is 12.1 Å². The molecule has 0 saturated carbocycles. The monoisotopic (exact) mass is 305 g/mol. The third-order valence-corrected chi connectivity index (χ3v) is 2.81. The van der Waals surface area contributed by atoms with Gasteiger partial charge in [0.25, 0.3) is 0 Å². The van der Waals surface area contributed by atoms with E-state index in [4.69, 9.17) is 4.74 Å². The molecule has 1 aliphatic rings. The number of amides is 2. The second kappa shape index (κ2) is 6.04. The van der Waals surface area contributed by atoms with E-state index in [0.717, 1.165) is 0 Å². The van der Waals surface area contributed by atoms with E-state index >= 15 is 0 Å². The number of amidine groups is 1. The molecule has 2 rings (SSSR count). The van der Waals surface area contributed by atoms with Gasteiger partial charge in [-0.15, -0.1) is 0 Å². The van der Waals surface area contributed by atoms with Crippen molar-refractivity contribution < 1.29 is 24.4 Å². The maximum absolute atomic E-state index is 11.5. The van der Waals surface area contributed by atoms with E-state index in [-0.39, 0.29) is 11.6 Å². The normalized spacial score (nSPS) is 18.0. The Labute approximate surface area is 124 Å². The van der Waals surface area contributed by atoms with Crippen LogP contribution in [0.2, 0.25) is 0 Å². The van der Waals surface area contributed by atoms with Crippen molar-refractivity contribution in [3.63, 3.8) is 0 Å². The molecule has 1 aromatic carbocycles. The van der Waals surface area contributed by atoms with Crippen LogP contribution in [0, 0.1) is 10.1 Å². The second-order valence-corrected chi connectivity index (χ2v) is 4.28. The summed E-state index contributed by atoms with van der Waals surface area (Å²) in [6, 6.07) is 2.55. The number of ether oxygens (including phenoxy) is 1. The van der Waals surface area contributed by atoms with Crippen LogP contribution in [0.1, 0.15) is 5.56 Å². The lowest BCUT2D eigenvalue weighted by atomic mass is 10.1. The molecule has 1 atom stereocenters. The number of methoxy groups -OCH3 is 1. The number of rotatable bonds is 4. The zero-order valence-corrected chi connectivity index (χ0v) is 11.3. The van der Waals surface area contributed by atoms with E-state index in [1.54, 1.807) is 6.07 Å². The second-order valence-electron chi connectivity index (χ2n) is 4.28. The Morgan fingerprint density at radius 3 is 2.68 bits per heavy atom. The standard InChI is InChI=1S/C13H11N3O6/c1-22-9-4-2-7(6-8(9)17)3-5-10-14-12(18)11(16(20)21)13(19)15-10/h2-6,11,17H,1H3,(H,14,15,18,19)/b5-3+. The third-order valence-electron chi connectivity index (χ3n) is 2.81. The summed E-state index contributed by atoms with van der Waals surface area (Å²) >= 11 is 0. The van der Waals surface area contributed by atoms with Crippen molar-refractivity contribution in [2.24, 2.45) is 4.99 Å². The van der Waals surface area contributed by atoms with E-state index < -0.39 is 22.8 Å². The minimum absolute atomic E-state index is 0.0799. The molecule has 1 aliphatic heterocycles. The number of aromatic hydroxyl groups is 1. The highest BCUT2D eigenvalue weighted by Gasteiger charge is 2.41. The van der Waals surface area contributed by atoms with Crippen LogP contribution in [0.4, 0.5) is 0 Å². The maximum atomic E-state index is 11.5. The predicted molar refractivity (Wildman–Crippen MR) is 75.1 cm³/mol. The zero-order valence-electron chi connectivity index (χ0n) is 11.3. The molecule has 0 aromatic heterocycles. The van der Waals surface area contributed by atoms with Gasteiger partial charge in [-0.2, -0.15) is 4.99 Å². The molecule has 2 N–H and O–H groups in total. The fourth-order valence-electron chi connectivity index (χ4n) is 1.77. The lowest BCUT2D eigenvalue weighted by molar-refractivity contribution is -0.493. The molecule has 0 saturated heterocycles. The minimum Gasteiger partial charge on any atom is -0.504 e. The summed E-state index contributed by atoms with van der Waals surface area (Å²) in [6.07, 6.45) is 2.77. The van der Waals surface area contributed by atoms with Crippen LogP contribution in [0.25, 0.3) is 6.08 Å². The third kappa shape index (κ3) is 3.08. The molecular weight excluding hydrogens is 294 g/mol. The molecule has 0 aliphatic carbocycles. The first-order valence-electron chi connectivity index (χ1n) is 6.04. The van der Waals surface area contributed by atoms with E-state index in [0.29, 0.717) is 11.3 Å². The number of nitrogens with one attached hydrogen (secondary N) is 1. The number of phenolic OH excluding ortho intramolecular Hbond substituents is 1. The molecule has 0 fully saturated rings. The SMILES string of the molecule is COc1ccc(/C=C/C2=NC(=O)C([N+](=O)[O-])C(=O)N2)cc1O. The summed E-state index contributed by atoms with van der Waals surface area (Å²) in [7, 11) is 1.41. The highest BCUT2D eigenvalue weighted by atomic mass is 16.6. The molecule has 22 heavy (non-hydrogen) atoms. The van der Waals surface area contributed by atoms with Crippen LogP contribution in [-0.4, -0.2) is 40.8 Å². The van der Waals surface area contributed by atoms with Gasteiger partial charge in [0.2, 0.25) is 0 Å². The largest absolute Gasteiger partial charge is 0.504 e. The van der Waals surface area contributed by atoms with E-state index in [2.05, 4.69) is 10.3 Å². The molecule has 9 nitrogen and oxygen atoms in total. The van der Waals surface area contributed by atoms with Gasteiger partial charge in [-0.05, 0) is 23.8 Å². The van der Waals surface area contributed by atoms with Crippen LogP contribution in [-0.2, 0) is 9.59 Å². The molecule has 1 aromatic rings. The summed E-state index contributed by atoms with van der Waals surface area (Å²) in [5.41, 5.74) is 0.555. The van der Waals surface area contributed by atoms with Crippen molar-refractivity contribution in [1.29, 1.82) is 0 Å². The Balaban J connectivity index is 2.19. The predicted octanol–water partition coefficient (Wildman–Crippen LogP) is 0.114. The molecule has 1 heterocycles. The van der Waals surface area contributed by atoms with Crippen molar-refractivity contribution in [1.82, 2.24) is 5.32 Å². The summed E-state index contributed by atoms with van der Waals surface area (Å²) in [5.74, 6) is -2.06. The molecule has 0 radical (unpaired) electrons. The van der Waals surface area contributed by atoms with Gasteiger partial charge in [0.15, 0.2) is 11.5 Å². The van der Waals surface area contributed by atoms with Gasteiger partial charge in [0, 0.05) is 4.92 Å². The number of carbonyl (C=O) groups excluding carboxylic acids is 2. The van der Waals surface area contributed by atoms with Crippen molar-refractivity contribution in [2.45, 2.75) is 6.04 Å². The van der Waals surface area contributed by atoms with Gasteiger partial charge < -0.3 is 15.2 Å². The van der Waals surface area contributed by atoms with Crippen molar-refractivity contribution in [2.75, 3.05) is 7.11 Å². The highest BCUT2D eigenvalue weighted by Crippen LogP contribution is 2.26. The number of aliphatic imine (C=N–C) groups is 1. The van der Waals surface area contributed by atoms with E-state index in [9.17, 15) is 24.8 Å². The van der Waals surface area contributed by atoms with Crippen LogP contribution < -0.4 is 10.1 Å². The first-order valence-corrected chi connectivity index (χ1v) is 6.04. The first kappa shape index (κ1) is 15.2. The molecule has 0 bridgehead atoms. The number of hydrogen-bond acceptors (Lipinski definition) is 6. The average Bonchev–Trinajstić information content (AvgIpc) is 2.44. The maximum Gasteiger partial charge on any atom is 0.368 e. The smallest absolute Gasteiger partial charge is 0.368 e. The van der Waals surface area contributed by atoms with Gasteiger partial charge in [-0.3, -0.25) is 19.7 Å². The van der Waals surface area contributed by atoms with Gasteiger partial charge >= 0.3 is 17.9 Å². The molecular formula is C13H11N3O6. The average molecular weight is 305 g/mol. The van der Waals surface area contributed by atoms with E-state index in [1.165, 1.54) is 31.4 Å². The Morgan fingerprint density at radius 1 is 1.41 bits per heavy atom. The van der Waals surface area contributed by atoms with Crippen molar-refractivity contribution >= 4 is 23.7 Å². The van der Waals surface area contributed by atoms with Crippen LogP contribution in [0.15, 0.2) is 29.3 Å². The molecule has 2 amide bonds.